The van der Waals surface area contributed by atoms with Crippen LogP contribution in [-0.2, 0) is 17.7 Å². The third-order valence-corrected chi connectivity index (χ3v) is 3.45. The lowest BCUT2D eigenvalue weighted by Crippen LogP contribution is -2.37. The van der Waals surface area contributed by atoms with Crippen molar-refractivity contribution in [1.82, 2.24) is 5.32 Å². The van der Waals surface area contributed by atoms with Crippen LogP contribution in [0.5, 0.6) is 0 Å². The predicted octanol–water partition coefficient (Wildman–Crippen LogP) is 4.23. The van der Waals surface area contributed by atoms with Crippen LogP contribution in [0.15, 0.2) is 54.6 Å². The van der Waals surface area contributed by atoms with E-state index >= 15 is 0 Å². The summed E-state index contributed by atoms with van der Waals surface area (Å²) in [6.45, 7) is 2.07. The van der Waals surface area contributed by atoms with Crippen molar-refractivity contribution in [2.75, 3.05) is 6.61 Å². The van der Waals surface area contributed by atoms with Crippen molar-refractivity contribution in [3.8, 4) is 0 Å². The predicted molar refractivity (Wildman–Crippen MR) is 84.0 cm³/mol. The minimum Gasteiger partial charge on any atom is -0.307 e. The quantitative estimate of drug-likeness (QED) is 0.823. The smallest absolute Gasteiger partial charge is 0.307 e. The molecule has 2 nitrogen and oxygen atoms in total. The Kier molecular flexibility index (Phi) is 6.19. The van der Waals surface area contributed by atoms with Crippen molar-refractivity contribution in [3.63, 3.8) is 0 Å². The zero-order chi connectivity index (χ0) is 16.7. The lowest BCUT2D eigenvalue weighted by Gasteiger charge is -2.20. The van der Waals surface area contributed by atoms with E-state index in [1.54, 1.807) is 0 Å². The van der Waals surface area contributed by atoms with E-state index in [1.165, 1.54) is 0 Å². The second kappa shape index (κ2) is 8.13. The summed E-state index contributed by atoms with van der Waals surface area (Å²) in [5, 5.41) is 3.16. The van der Waals surface area contributed by atoms with Gasteiger partial charge in [-0.05, 0) is 24.5 Å². The van der Waals surface area contributed by atoms with Gasteiger partial charge in [0.15, 0.2) is 0 Å². The molecule has 0 aromatic heterocycles. The number of benzene rings is 2. The fraction of sp³-hybridized carbons (Fsp3) is 0.333. The Balaban J connectivity index is 1.97. The molecular weight excluding hydrogens is 303 g/mol. The molecule has 2 aromatic carbocycles. The van der Waals surface area contributed by atoms with Gasteiger partial charge in [-0.25, -0.2) is 0 Å². The number of nitrogens with one attached hydrogen (secondary N) is 1. The molecule has 0 bridgehead atoms. The van der Waals surface area contributed by atoms with Crippen molar-refractivity contribution in [1.29, 1.82) is 0 Å². The fourth-order valence-electron chi connectivity index (χ4n) is 2.37. The van der Waals surface area contributed by atoms with Gasteiger partial charge in [-0.3, -0.25) is 4.74 Å². The van der Waals surface area contributed by atoms with Crippen LogP contribution < -0.4 is 5.32 Å². The molecule has 5 heteroatoms. The van der Waals surface area contributed by atoms with Gasteiger partial charge in [-0.2, -0.15) is 0 Å². The van der Waals surface area contributed by atoms with Gasteiger partial charge in [-0.15, -0.1) is 13.2 Å². The Morgan fingerprint density at radius 1 is 1.00 bits per heavy atom. The zero-order valence-corrected chi connectivity index (χ0v) is 12.9. The number of alkyl halides is 3. The molecule has 0 aliphatic rings. The summed E-state index contributed by atoms with van der Waals surface area (Å²) in [7, 11) is 0. The van der Waals surface area contributed by atoms with Crippen LogP contribution in [0.1, 0.15) is 16.7 Å². The first-order valence-corrected chi connectivity index (χ1v) is 7.46. The van der Waals surface area contributed by atoms with Gasteiger partial charge in [0.1, 0.15) is 0 Å². The van der Waals surface area contributed by atoms with E-state index in [4.69, 9.17) is 0 Å². The summed E-state index contributed by atoms with van der Waals surface area (Å²) in [4.78, 5) is 0. The number of hydrogen-bond acceptors (Lipinski definition) is 2. The largest absolute Gasteiger partial charge is 0.522 e. The maximum Gasteiger partial charge on any atom is 0.522 e. The molecule has 124 valence electrons. The highest BCUT2D eigenvalue weighted by Gasteiger charge is 2.30. The summed E-state index contributed by atoms with van der Waals surface area (Å²) in [6, 6.07) is 16.9. The summed E-state index contributed by atoms with van der Waals surface area (Å²) < 4.78 is 41.0. The van der Waals surface area contributed by atoms with Crippen LogP contribution in [0.4, 0.5) is 13.2 Å². The lowest BCUT2D eigenvalue weighted by molar-refractivity contribution is -0.326. The van der Waals surface area contributed by atoms with Crippen LogP contribution in [0.2, 0.25) is 0 Å². The first-order valence-electron chi connectivity index (χ1n) is 7.46. The molecule has 1 unspecified atom stereocenters. The van der Waals surface area contributed by atoms with E-state index in [0.29, 0.717) is 13.0 Å². The average Bonchev–Trinajstić information content (AvgIpc) is 2.50. The summed E-state index contributed by atoms with van der Waals surface area (Å²) in [5.74, 6) is 0. The molecule has 0 saturated heterocycles. The van der Waals surface area contributed by atoms with E-state index in [2.05, 4.69) is 10.1 Å². The summed E-state index contributed by atoms with van der Waals surface area (Å²) >= 11 is 0. The Bertz CT molecular complexity index is 599. The van der Waals surface area contributed by atoms with Crippen molar-refractivity contribution < 1.29 is 17.9 Å². The van der Waals surface area contributed by atoms with Crippen molar-refractivity contribution >= 4 is 0 Å². The number of halogens is 3. The van der Waals surface area contributed by atoms with Gasteiger partial charge in [0.25, 0.3) is 0 Å². The molecule has 1 N–H and O–H groups in total. The molecule has 23 heavy (non-hydrogen) atoms. The van der Waals surface area contributed by atoms with Gasteiger partial charge in [0.2, 0.25) is 0 Å². The van der Waals surface area contributed by atoms with Crippen molar-refractivity contribution in [3.05, 3.63) is 71.3 Å². The molecule has 0 radical (unpaired) electrons. The van der Waals surface area contributed by atoms with Crippen LogP contribution in [0.3, 0.4) is 0 Å². The molecule has 1 atom stereocenters. The Morgan fingerprint density at radius 2 is 1.70 bits per heavy atom. The number of hydrogen-bond donors (Lipinski definition) is 1. The first kappa shape index (κ1) is 17.5. The Hall–Kier alpha value is -1.85. The van der Waals surface area contributed by atoms with E-state index in [1.807, 2.05) is 61.5 Å². The minimum absolute atomic E-state index is 0.412. The number of ether oxygens (including phenoxy) is 1. The maximum atomic E-state index is 12.3. The number of rotatable bonds is 7. The highest BCUT2D eigenvalue weighted by atomic mass is 19.4. The van der Waals surface area contributed by atoms with Crippen molar-refractivity contribution in [2.24, 2.45) is 0 Å². The van der Waals surface area contributed by atoms with E-state index in [9.17, 15) is 13.2 Å². The van der Waals surface area contributed by atoms with E-state index in [0.717, 1.165) is 16.7 Å². The summed E-state index contributed by atoms with van der Waals surface area (Å²) in [5.41, 5.74) is 3.13. The highest BCUT2D eigenvalue weighted by molar-refractivity contribution is 5.22. The number of aryl methyl sites for hydroxylation is 1. The zero-order valence-electron chi connectivity index (χ0n) is 12.9. The molecule has 2 rings (SSSR count). The second-order valence-electron chi connectivity index (χ2n) is 5.51. The van der Waals surface area contributed by atoms with Gasteiger partial charge >= 0.3 is 6.36 Å². The van der Waals surface area contributed by atoms with Crippen LogP contribution in [0, 0.1) is 6.92 Å². The molecule has 0 spiro atoms. The molecule has 0 heterocycles. The van der Waals surface area contributed by atoms with Gasteiger partial charge in [-0.1, -0.05) is 60.2 Å². The van der Waals surface area contributed by atoms with Crippen LogP contribution in [0.25, 0.3) is 0 Å². The molecule has 0 aliphatic heterocycles. The average molecular weight is 323 g/mol. The minimum atomic E-state index is -4.61. The molecular formula is C18H20F3NO. The molecule has 2 aromatic rings. The van der Waals surface area contributed by atoms with Gasteiger partial charge in [0.05, 0.1) is 6.61 Å². The SMILES string of the molecule is Cc1cccc(CNC(COC(F)(F)F)Cc2ccccc2)c1. The summed E-state index contributed by atoms with van der Waals surface area (Å²) in [6.07, 6.45) is -4.14. The van der Waals surface area contributed by atoms with Crippen LogP contribution >= 0.6 is 0 Å². The van der Waals surface area contributed by atoms with Crippen LogP contribution in [-0.4, -0.2) is 19.0 Å². The second-order valence-corrected chi connectivity index (χ2v) is 5.51. The van der Waals surface area contributed by atoms with Crippen molar-refractivity contribution in [2.45, 2.75) is 32.3 Å². The Morgan fingerprint density at radius 3 is 2.35 bits per heavy atom. The third kappa shape index (κ3) is 6.84. The van der Waals surface area contributed by atoms with E-state index in [-0.39, 0.29) is 0 Å². The van der Waals surface area contributed by atoms with Gasteiger partial charge < -0.3 is 5.32 Å². The highest BCUT2D eigenvalue weighted by Crippen LogP contribution is 2.17. The topological polar surface area (TPSA) is 21.3 Å². The van der Waals surface area contributed by atoms with Gasteiger partial charge in [0, 0.05) is 12.6 Å². The standard InChI is InChI=1S/C18H20F3NO/c1-14-6-5-9-16(10-14)12-22-17(13-23-18(19,20)21)11-15-7-3-2-4-8-15/h2-10,17,22H,11-13H2,1H3. The van der Waals surface area contributed by atoms with E-state index < -0.39 is 19.0 Å². The lowest BCUT2D eigenvalue weighted by atomic mass is 10.1. The first-order chi connectivity index (χ1) is 10.9. The molecule has 0 saturated carbocycles. The molecule has 0 aliphatic carbocycles. The molecule has 0 amide bonds. The fourth-order valence-corrected chi connectivity index (χ4v) is 2.37. The third-order valence-electron chi connectivity index (χ3n) is 3.45. The maximum absolute atomic E-state index is 12.3. The molecule has 0 fully saturated rings. The Labute approximate surface area is 134 Å². The monoisotopic (exact) mass is 323 g/mol. The normalized spacial score (nSPS) is 13.0.